The molecule has 5 nitrogen and oxygen atoms in total. The third-order valence-electron chi connectivity index (χ3n) is 2.34. The molecule has 0 bridgehead atoms. The summed E-state index contributed by atoms with van der Waals surface area (Å²) in [6.07, 6.45) is 4.93. The van der Waals surface area contributed by atoms with Crippen LogP contribution < -0.4 is 16.0 Å². The van der Waals surface area contributed by atoms with Crippen LogP contribution in [0.25, 0.3) is 0 Å². The number of nitrogens with one attached hydrogen (secondary N) is 1. The van der Waals surface area contributed by atoms with Gasteiger partial charge in [0.05, 0.1) is 19.6 Å². The number of methoxy groups -OCH3 is 1. The molecule has 1 unspecified atom stereocenters. The number of hydrazine groups is 1. The topological polar surface area (TPSA) is 73.3 Å². The summed E-state index contributed by atoms with van der Waals surface area (Å²) in [4.78, 5) is 3.99. The largest absolute Gasteiger partial charge is 0.495 e. The Morgan fingerprint density at radius 2 is 2.38 bits per heavy atom. The molecule has 0 saturated carbocycles. The van der Waals surface area contributed by atoms with E-state index in [9.17, 15) is 0 Å². The number of nitrogens with zero attached hydrogens (tertiary/aromatic N) is 1. The Balaban J connectivity index is 2.41. The lowest BCUT2D eigenvalue weighted by Gasteiger charge is -2.16. The van der Waals surface area contributed by atoms with Crippen LogP contribution in [0.1, 0.15) is 17.4 Å². The standard InChI is InChI=1S/C11H13N3O2/c1-15-10-7-13-5-4-8(10)11(14-12)9-3-2-6-16-9/h2-7,11,14H,12H2,1H3. The maximum Gasteiger partial charge on any atom is 0.142 e. The molecule has 1 atom stereocenters. The molecule has 0 amide bonds. The van der Waals surface area contributed by atoms with E-state index >= 15 is 0 Å². The SMILES string of the molecule is COc1cnccc1C(NN)c1ccco1. The third kappa shape index (κ3) is 1.91. The normalized spacial score (nSPS) is 12.4. The molecule has 16 heavy (non-hydrogen) atoms. The molecule has 3 N–H and O–H groups in total. The molecule has 0 aliphatic heterocycles. The molecule has 2 aromatic heterocycles. The lowest BCUT2D eigenvalue weighted by Crippen LogP contribution is -2.28. The molecule has 84 valence electrons. The second-order valence-corrected chi connectivity index (χ2v) is 3.23. The molecular weight excluding hydrogens is 206 g/mol. The van der Waals surface area contributed by atoms with Crippen molar-refractivity contribution in [3.63, 3.8) is 0 Å². The molecule has 0 spiro atoms. The first-order chi connectivity index (χ1) is 7.86. The Labute approximate surface area is 93.2 Å². The summed E-state index contributed by atoms with van der Waals surface area (Å²) < 4.78 is 10.5. The van der Waals surface area contributed by atoms with Crippen LogP contribution in [-0.2, 0) is 0 Å². The summed E-state index contributed by atoms with van der Waals surface area (Å²) >= 11 is 0. The van der Waals surface area contributed by atoms with E-state index in [1.54, 1.807) is 25.8 Å². The zero-order valence-corrected chi connectivity index (χ0v) is 8.88. The molecule has 2 heterocycles. The van der Waals surface area contributed by atoms with E-state index in [1.165, 1.54) is 0 Å². The molecule has 0 aliphatic carbocycles. The van der Waals surface area contributed by atoms with Gasteiger partial charge in [0.25, 0.3) is 0 Å². The summed E-state index contributed by atoms with van der Waals surface area (Å²) in [6, 6.07) is 5.26. The zero-order chi connectivity index (χ0) is 11.4. The number of pyridine rings is 1. The van der Waals surface area contributed by atoms with Crippen molar-refractivity contribution in [2.24, 2.45) is 5.84 Å². The molecule has 0 aromatic carbocycles. The van der Waals surface area contributed by atoms with Gasteiger partial charge in [0.1, 0.15) is 17.6 Å². The summed E-state index contributed by atoms with van der Waals surface area (Å²) in [5, 5.41) is 0. The fourth-order valence-electron chi connectivity index (χ4n) is 1.58. The fraction of sp³-hybridized carbons (Fsp3) is 0.182. The van der Waals surface area contributed by atoms with Gasteiger partial charge < -0.3 is 9.15 Å². The number of hydrogen-bond donors (Lipinski definition) is 2. The van der Waals surface area contributed by atoms with E-state index < -0.39 is 0 Å². The monoisotopic (exact) mass is 219 g/mol. The highest BCUT2D eigenvalue weighted by atomic mass is 16.5. The highest BCUT2D eigenvalue weighted by Crippen LogP contribution is 2.28. The minimum Gasteiger partial charge on any atom is -0.495 e. The molecule has 0 fully saturated rings. The van der Waals surface area contributed by atoms with Crippen molar-refractivity contribution >= 4 is 0 Å². The Hall–Kier alpha value is -1.85. The third-order valence-corrected chi connectivity index (χ3v) is 2.34. The molecular formula is C11H13N3O2. The van der Waals surface area contributed by atoms with Gasteiger partial charge >= 0.3 is 0 Å². The lowest BCUT2D eigenvalue weighted by molar-refractivity contribution is 0.392. The quantitative estimate of drug-likeness (QED) is 0.597. The first-order valence-electron chi connectivity index (χ1n) is 4.84. The average molecular weight is 219 g/mol. The van der Waals surface area contributed by atoms with E-state index in [0.717, 1.165) is 11.3 Å². The molecule has 2 rings (SSSR count). The second kappa shape index (κ2) is 4.78. The number of nitrogens with two attached hydrogens (primary N) is 1. The van der Waals surface area contributed by atoms with Crippen molar-refractivity contribution in [3.05, 3.63) is 48.2 Å². The van der Waals surface area contributed by atoms with Gasteiger partial charge in [-0.15, -0.1) is 0 Å². The van der Waals surface area contributed by atoms with Crippen LogP contribution in [0, 0.1) is 0 Å². The summed E-state index contributed by atoms with van der Waals surface area (Å²) in [5.74, 6) is 6.93. The van der Waals surface area contributed by atoms with Crippen molar-refractivity contribution < 1.29 is 9.15 Å². The van der Waals surface area contributed by atoms with Crippen molar-refractivity contribution in [1.82, 2.24) is 10.4 Å². The Bertz CT molecular complexity index is 442. The van der Waals surface area contributed by atoms with Crippen LogP contribution in [0.4, 0.5) is 0 Å². The van der Waals surface area contributed by atoms with Crippen LogP contribution >= 0.6 is 0 Å². The Morgan fingerprint density at radius 3 is 3.00 bits per heavy atom. The zero-order valence-electron chi connectivity index (χ0n) is 8.88. The first kappa shape index (κ1) is 10.7. The van der Waals surface area contributed by atoms with Gasteiger partial charge in [0.15, 0.2) is 0 Å². The summed E-state index contributed by atoms with van der Waals surface area (Å²) in [5.41, 5.74) is 3.58. The van der Waals surface area contributed by atoms with Crippen LogP contribution in [0.2, 0.25) is 0 Å². The second-order valence-electron chi connectivity index (χ2n) is 3.23. The van der Waals surface area contributed by atoms with E-state index in [1.807, 2.05) is 18.2 Å². The Kier molecular flexibility index (Phi) is 3.19. The van der Waals surface area contributed by atoms with E-state index in [0.29, 0.717) is 5.75 Å². The van der Waals surface area contributed by atoms with Crippen molar-refractivity contribution in [2.45, 2.75) is 6.04 Å². The van der Waals surface area contributed by atoms with Crippen molar-refractivity contribution in [1.29, 1.82) is 0 Å². The minimum atomic E-state index is -0.243. The number of hydrogen-bond acceptors (Lipinski definition) is 5. The van der Waals surface area contributed by atoms with E-state index in [4.69, 9.17) is 15.0 Å². The summed E-state index contributed by atoms with van der Waals surface area (Å²) in [7, 11) is 1.59. The van der Waals surface area contributed by atoms with Gasteiger partial charge in [-0.25, -0.2) is 5.43 Å². The molecule has 0 radical (unpaired) electrons. The highest BCUT2D eigenvalue weighted by molar-refractivity contribution is 5.36. The number of aromatic nitrogens is 1. The van der Waals surface area contributed by atoms with Crippen molar-refractivity contribution in [2.75, 3.05) is 7.11 Å². The predicted octanol–water partition coefficient (Wildman–Crippen LogP) is 1.24. The van der Waals surface area contributed by atoms with Gasteiger partial charge in [-0.1, -0.05) is 0 Å². The molecule has 5 heteroatoms. The van der Waals surface area contributed by atoms with Gasteiger partial charge in [0, 0.05) is 11.8 Å². The van der Waals surface area contributed by atoms with Crippen LogP contribution in [0.15, 0.2) is 41.3 Å². The van der Waals surface area contributed by atoms with Crippen LogP contribution in [-0.4, -0.2) is 12.1 Å². The van der Waals surface area contributed by atoms with Gasteiger partial charge in [0.2, 0.25) is 0 Å². The van der Waals surface area contributed by atoms with Gasteiger partial charge in [-0.3, -0.25) is 10.8 Å². The molecule has 0 saturated heterocycles. The average Bonchev–Trinajstić information content (AvgIpc) is 2.84. The van der Waals surface area contributed by atoms with Crippen molar-refractivity contribution in [3.8, 4) is 5.75 Å². The molecule has 2 aromatic rings. The first-order valence-corrected chi connectivity index (χ1v) is 4.84. The minimum absolute atomic E-state index is 0.243. The summed E-state index contributed by atoms with van der Waals surface area (Å²) in [6.45, 7) is 0. The maximum absolute atomic E-state index is 5.53. The molecule has 0 aliphatic rings. The van der Waals surface area contributed by atoms with E-state index in [2.05, 4.69) is 10.4 Å². The van der Waals surface area contributed by atoms with Crippen LogP contribution in [0.5, 0.6) is 5.75 Å². The smallest absolute Gasteiger partial charge is 0.142 e. The van der Waals surface area contributed by atoms with E-state index in [-0.39, 0.29) is 6.04 Å². The predicted molar refractivity (Wildman–Crippen MR) is 58.7 cm³/mol. The van der Waals surface area contributed by atoms with Gasteiger partial charge in [-0.2, -0.15) is 0 Å². The lowest BCUT2D eigenvalue weighted by atomic mass is 10.1. The highest BCUT2D eigenvalue weighted by Gasteiger charge is 2.18. The van der Waals surface area contributed by atoms with Gasteiger partial charge in [-0.05, 0) is 18.2 Å². The number of rotatable bonds is 4. The van der Waals surface area contributed by atoms with Crippen LogP contribution in [0.3, 0.4) is 0 Å². The maximum atomic E-state index is 5.53. The fourth-order valence-corrected chi connectivity index (χ4v) is 1.58. The number of furan rings is 1. The Morgan fingerprint density at radius 1 is 1.50 bits per heavy atom. The number of ether oxygens (including phenoxy) is 1.